The molecule has 0 aromatic carbocycles. The summed E-state index contributed by atoms with van der Waals surface area (Å²) in [5.41, 5.74) is 5.60. The van der Waals surface area contributed by atoms with E-state index >= 15 is 0 Å². The lowest BCUT2D eigenvalue weighted by Crippen LogP contribution is -2.38. The molecule has 0 aliphatic heterocycles. The highest BCUT2D eigenvalue weighted by atomic mass is 35.5. The van der Waals surface area contributed by atoms with Crippen LogP contribution in [0.2, 0.25) is 0 Å². The van der Waals surface area contributed by atoms with Crippen molar-refractivity contribution in [2.45, 2.75) is 17.8 Å². The first-order chi connectivity index (χ1) is 4.22. The average molecular weight is 162 g/mol. The van der Waals surface area contributed by atoms with Crippen molar-refractivity contribution in [2.75, 3.05) is 0 Å². The Labute approximate surface area is 64.9 Å². The number of thiocarbonyl (C=S) groups is 1. The molecule has 2 unspecified atom stereocenters. The third kappa shape index (κ3) is 1.51. The van der Waals surface area contributed by atoms with Gasteiger partial charge in [0.15, 0.2) is 0 Å². The number of hydrogen-bond acceptors (Lipinski definition) is 2. The van der Waals surface area contributed by atoms with Gasteiger partial charge >= 0.3 is 0 Å². The standard InChI is InChI=1S/C6H8ClNS/c7-4-2-1-3-5(9)6(4)8/h1,3-4,6H,2,8H2. The zero-order chi connectivity index (χ0) is 6.85. The van der Waals surface area contributed by atoms with Gasteiger partial charge in [-0.3, -0.25) is 0 Å². The Morgan fingerprint density at radius 2 is 2.44 bits per heavy atom. The average Bonchev–Trinajstić information content (AvgIpc) is 1.83. The summed E-state index contributed by atoms with van der Waals surface area (Å²) in [5, 5.41) is 0.00231. The summed E-state index contributed by atoms with van der Waals surface area (Å²) in [6, 6.07) is -0.119. The van der Waals surface area contributed by atoms with E-state index in [1.165, 1.54) is 0 Å². The predicted octanol–water partition coefficient (Wildman–Crippen LogP) is 1.25. The topological polar surface area (TPSA) is 26.0 Å². The molecule has 1 nitrogen and oxygen atoms in total. The summed E-state index contributed by atoms with van der Waals surface area (Å²) in [4.78, 5) is 0.765. The van der Waals surface area contributed by atoms with Crippen molar-refractivity contribution in [3.63, 3.8) is 0 Å². The molecular weight excluding hydrogens is 154 g/mol. The fourth-order valence-corrected chi connectivity index (χ4v) is 1.32. The Morgan fingerprint density at radius 1 is 1.78 bits per heavy atom. The molecule has 1 aliphatic rings. The molecule has 1 rings (SSSR count). The highest BCUT2D eigenvalue weighted by molar-refractivity contribution is 7.80. The second-order valence-electron chi connectivity index (χ2n) is 2.08. The van der Waals surface area contributed by atoms with E-state index in [0.717, 1.165) is 11.3 Å². The Balaban J connectivity index is 2.69. The van der Waals surface area contributed by atoms with Crippen molar-refractivity contribution in [3.05, 3.63) is 12.2 Å². The van der Waals surface area contributed by atoms with Crippen molar-refractivity contribution < 1.29 is 0 Å². The maximum Gasteiger partial charge on any atom is 0.0571 e. The molecule has 1 aliphatic carbocycles. The molecule has 0 aromatic rings. The number of halogens is 1. The number of rotatable bonds is 0. The molecule has 0 bridgehead atoms. The fraction of sp³-hybridized carbons (Fsp3) is 0.500. The first-order valence-electron chi connectivity index (χ1n) is 2.82. The Morgan fingerprint density at radius 3 is 2.89 bits per heavy atom. The molecule has 0 heterocycles. The van der Waals surface area contributed by atoms with Gasteiger partial charge in [-0.1, -0.05) is 24.4 Å². The Hall–Kier alpha value is 0.0800. The quantitative estimate of drug-likeness (QED) is 0.428. The molecule has 0 saturated heterocycles. The minimum Gasteiger partial charge on any atom is -0.322 e. The van der Waals surface area contributed by atoms with Crippen molar-refractivity contribution in [1.29, 1.82) is 0 Å². The lowest BCUT2D eigenvalue weighted by Gasteiger charge is -2.19. The largest absolute Gasteiger partial charge is 0.322 e. The molecule has 9 heavy (non-hydrogen) atoms. The number of nitrogens with two attached hydrogens (primary N) is 1. The maximum absolute atomic E-state index is 5.80. The first kappa shape index (κ1) is 7.19. The molecule has 2 N–H and O–H groups in total. The summed E-state index contributed by atoms with van der Waals surface area (Å²) in [5.74, 6) is 0. The van der Waals surface area contributed by atoms with Crippen LogP contribution in [0.1, 0.15) is 6.42 Å². The van der Waals surface area contributed by atoms with Crippen LogP contribution in [0.3, 0.4) is 0 Å². The van der Waals surface area contributed by atoms with Crippen LogP contribution in [0.5, 0.6) is 0 Å². The van der Waals surface area contributed by atoms with E-state index in [9.17, 15) is 0 Å². The van der Waals surface area contributed by atoms with Crippen LogP contribution < -0.4 is 5.73 Å². The molecule has 50 valence electrons. The van der Waals surface area contributed by atoms with E-state index in [1.807, 2.05) is 12.2 Å². The van der Waals surface area contributed by atoms with Gasteiger partial charge in [0.1, 0.15) is 0 Å². The molecule has 0 spiro atoms. The molecule has 0 aromatic heterocycles. The van der Waals surface area contributed by atoms with Crippen LogP contribution in [0.4, 0.5) is 0 Å². The smallest absolute Gasteiger partial charge is 0.0571 e. The molecule has 0 fully saturated rings. The van der Waals surface area contributed by atoms with Crippen LogP contribution in [-0.2, 0) is 0 Å². The monoisotopic (exact) mass is 161 g/mol. The van der Waals surface area contributed by atoms with Crippen molar-refractivity contribution in [3.8, 4) is 0 Å². The van der Waals surface area contributed by atoms with Gasteiger partial charge < -0.3 is 5.73 Å². The SMILES string of the molecule is NC1C(=S)C=CCC1Cl. The van der Waals surface area contributed by atoms with E-state index in [4.69, 9.17) is 29.6 Å². The lowest BCUT2D eigenvalue weighted by molar-refractivity contribution is 0.772. The first-order valence-corrected chi connectivity index (χ1v) is 3.66. The summed E-state index contributed by atoms with van der Waals surface area (Å²) in [7, 11) is 0. The Bertz CT molecular complexity index is 155. The van der Waals surface area contributed by atoms with Crippen LogP contribution in [0, 0.1) is 0 Å². The van der Waals surface area contributed by atoms with Gasteiger partial charge in [0, 0.05) is 4.86 Å². The number of hydrogen-bond donors (Lipinski definition) is 1. The minimum absolute atomic E-state index is 0.00231. The van der Waals surface area contributed by atoms with E-state index in [1.54, 1.807) is 0 Å². The number of alkyl halides is 1. The minimum atomic E-state index is -0.119. The molecule has 0 amide bonds. The van der Waals surface area contributed by atoms with Gasteiger partial charge in [0.2, 0.25) is 0 Å². The van der Waals surface area contributed by atoms with Gasteiger partial charge in [-0.2, -0.15) is 0 Å². The molecule has 3 heteroatoms. The Kier molecular flexibility index (Phi) is 2.22. The lowest BCUT2D eigenvalue weighted by atomic mass is 10.0. The van der Waals surface area contributed by atoms with Gasteiger partial charge in [0.05, 0.1) is 11.4 Å². The zero-order valence-electron chi connectivity index (χ0n) is 4.88. The van der Waals surface area contributed by atoms with Gasteiger partial charge in [-0.05, 0) is 6.42 Å². The van der Waals surface area contributed by atoms with Crippen LogP contribution in [0.25, 0.3) is 0 Å². The van der Waals surface area contributed by atoms with E-state index in [0.29, 0.717) is 0 Å². The van der Waals surface area contributed by atoms with Gasteiger partial charge in [-0.25, -0.2) is 0 Å². The predicted molar refractivity (Wildman–Crippen MR) is 44.0 cm³/mol. The maximum atomic E-state index is 5.80. The van der Waals surface area contributed by atoms with Crippen molar-refractivity contribution in [2.24, 2.45) is 5.73 Å². The van der Waals surface area contributed by atoms with Crippen molar-refractivity contribution in [1.82, 2.24) is 0 Å². The summed E-state index contributed by atoms with van der Waals surface area (Å²) >= 11 is 10.7. The van der Waals surface area contributed by atoms with E-state index in [-0.39, 0.29) is 11.4 Å². The molecular formula is C6H8ClNS. The van der Waals surface area contributed by atoms with E-state index < -0.39 is 0 Å². The highest BCUT2D eigenvalue weighted by Gasteiger charge is 2.19. The molecule has 0 radical (unpaired) electrons. The zero-order valence-corrected chi connectivity index (χ0v) is 6.45. The second-order valence-corrected chi connectivity index (χ2v) is 3.11. The van der Waals surface area contributed by atoms with Crippen LogP contribution >= 0.6 is 23.8 Å². The number of allylic oxidation sites excluding steroid dienone is 1. The third-order valence-electron chi connectivity index (χ3n) is 1.36. The summed E-state index contributed by atoms with van der Waals surface area (Å²) < 4.78 is 0. The molecule has 0 saturated carbocycles. The fourth-order valence-electron chi connectivity index (χ4n) is 0.750. The van der Waals surface area contributed by atoms with Crippen LogP contribution in [-0.4, -0.2) is 16.3 Å². The highest BCUT2D eigenvalue weighted by Crippen LogP contribution is 2.13. The summed E-state index contributed by atoms with van der Waals surface area (Å²) in [6.45, 7) is 0. The normalized spacial score (nSPS) is 35.1. The van der Waals surface area contributed by atoms with Crippen LogP contribution in [0.15, 0.2) is 12.2 Å². The summed E-state index contributed by atoms with van der Waals surface area (Å²) in [6.07, 6.45) is 4.66. The third-order valence-corrected chi connectivity index (χ3v) is 2.22. The van der Waals surface area contributed by atoms with Gasteiger partial charge in [0.25, 0.3) is 0 Å². The second kappa shape index (κ2) is 2.78. The molecule has 2 atom stereocenters. The van der Waals surface area contributed by atoms with Crippen molar-refractivity contribution >= 4 is 28.7 Å². The van der Waals surface area contributed by atoms with E-state index in [2.05, 4.69) is 0 Å². The van der Waals surface area contributed by atoms with Gasteiger partial charge in [-0.15, -0.1) is 11.6 Å².